The lowest BCUT2D eigenvalue weighted by Gasteiger charge is -2.05. The van der Waals surface area contributed by atoms with Crippen molar-refractivity contribution >= 4 is 16.5 Å². The molecule has 4 nitrogen and oxygen atoms in total. The second-order valence-electron chi connectivity index (χ2n) is 3.81. The maximum atomic E-state index is 4.20. The zero-order valence-corrected chi connectivity index (χ0v) is 10.5. The van der Waals surface area contributed by atoms with Crippen LogP contribution in [0.5, 0.6) is 0 Å². The molecule has 0 spiro atoms. The van der Waals surface area contributed by atoms with Crippen LogP contribution >= 0.6 is 11.3 Å². The van der Waals surface area contributed by atoms with Gasteiger partial charge in [0.15, 0.2) is 5.13 Å². The van der Waals surface area contributed by atoms with Gasteiger partial charge in [-0.1, -0.05) is 12.1 Å². The predicted octanol–water partition coefficient (Wildman–Crippen LogP) is 2.94. The molecule has 0 unspecified atom stereocenters. The minimum atomic E-state index is 0.785. The highest BCUT2D eigenvalue weighted by Crippen LogP contribution is 2.13. The van der Waals surface area contributed by atoms with Crippen LogP contribution in [0.3, 0.4) is 0 Å². The topological polar surface area (TPSA) is 42.7 Å². The molecule has 2 aromatic heterocycles. The summed E-state index contributed by atoms with van der Waals surface area (Å²) in [4.78, 5) is 4.18. The van der Waals surface area contributed by atoms with Crippen LogP contribution in [0.2, 0.25) is 0 Å². The van der Waals surface area contributed by atoms with Gasteiger partial charge in [0.2, 0.25) is 0 Å². The number of rotatable bonds is 4. The highest BCUT2D eigenvalue weighted by molar-refractivity contribution is 7.13. The number of hydrogen-bond acceptors (Lipinski definition) is 4. The maximum absolute atomic E-state index is 4.20. The molecule has 3 aromatic rings. The Morgan fingerprint density at radius 2 is 2.06 bits per heavy atom. The molecule has 3 rings (SSSR count). The standard InChI is InChI=1S/C13H12N4S/c1-6-16-17(8-1)12-4-2-11(3-5-12)10-15-13-14-7-9-18-13/h1-9H,10H2,(H,14,15). The second kappa shape index (κ2) is 5.01. The van der Waals surface area contributed by atoms with Gasteiger partial charge in [-0.3, -0.25) is 0 Å². The molecule has 2 heterocycles. The molecule has 0 aliphatic carbocycles. The summed E-state index contributed by atoms with van der Waals surface area (Å²) in [5.74, 6) is 0. The summed E-state index contributed by atoms with van der Waals surface area (Å²) in [6.07, 6.45) is 5.51. The van der Waals surface area contributed by atoms with Crippen LogP contribution in [-0.2, 0) is 6.54 Å². The Kier molecular flexibility index (Phi) is 3.06. The summed E-state index contributed by atoms with van der Waals surface area (Å²) >= 11 is 1.61. The zero-order valence-electron chi connectivity index (χ0n) is 9.65. The van der Waals surface area contributed by atoms with Crippen molar-refractivity contribution in [2.75, 3.05) is 5.32 Å². The first-order valence-corrected chi connectivity index (χ1v) is 6.52. The van der Waals surface area contributed by atoms with E-state index >= 15 is 0 Å². The quantitative estimate of drug-likeness (QED) is 0.780. The fourth-order valence-corrected chi connectivity index (χ4v) is 2.20. The molecular weight excluding hydrogens is 244 g/mol. The van der Waals surface area contributed by atoms with Crippen molar-refractivity contribution in [2.45, 2.75) is 6.54 Å². The van der Waals surface area contributed by atoms with Crippen molar-refractivity contribution in [1.82, 2.24) is 14.8 Å². The fourth-order valence-electron chi connectivity index (χ4n) is 1.68. The number of thiazole rings is 1. The van der Waals surface area contributed by atoms with Gasteiger partial charge >= 0.3 is 0 Å². The van der Waals surface area contributed by atoms with E-state index in [9.17, 15) is 0 Å². The summed E-state index contributed by atoms with van der Waals surface area (Å²) in [5.41, 5.74) is 2.29. The van der Waals surface area contributed by atoms with Crippen molar-refractivity contribution in [2.24, 2.45) is 0 Å². The number of aromatic nitrogens is 3. The Bertz CT molecular complexity index is 584. The van der Waals surface area contributed by atoms with Gasteiger partial charge in [-0.25, -0.2) is 9.67 Å². The molecule has 5 heteroatoms. The molecule has 90 valence electrons. The molecule has 0 saturated carbocycles. The first-order valence-electron chi connectivity index (χ1n) is 5.64. The first-order chi connectivity index (χ1) is 8.92. The first kappa shape index (κ1) is 11.0. The highest BCUT2D eigenvalue weighted by Gasteiger charge is 1.98. The maximum Gasteiger partial charge on any atom is 0.182 e. The van der Waals surface area contributed by atoms with Crippen LogP contribution < -0.4 is 5.32 Å². The highest BCUT2D eigenvalue weighted by atomic mass is 32.1. The molecule has 0 aliphatic heterocycles. The molecule has 0 bridgehead atoms. The molecule has 0 amide bonds. The van der Waals surface area contributed by atoms with Crippen LogP contribution in [-0.4, -0.2) is 14.8 Å². The van der Waals surface area contributed by atoms with Gasteiger partial charge in [0, 0.05) is 30.5 Å². The summed E-state index contributed by atoms with van der Waals surface area (Å²) in [6.45, 7) is 0.785. The Hall–Kier alpha value is -2.14. The normalized spacial score (nSPS) is 10.4. The second-order valence-corrected chi connectivity index (χ2v) is 4.70. The predicted molar refractivity (Wildman–Crippen MR) is 73.0 cm³/mol. The number of nitrogens with one attached hydrogen (secondary N) is 1. The lowest BCUT2D eigenvalue weighted by molar-refractivity contribution is 0.879. The van der Waals surface area contributed by atoms with Crippen molar-refractivity contribution in [1.29, 1.82) is 0 Å². The van der Waals surface area contributed by atoms with Crippen molar-refractivity contribution in [3.8, 4) is 5.69 Å². The van der Waals surface area contributed by atoms with E-state index in [1.54, 1.807) is 23.7 Å². The summed E-state index contributed by atoms with van der Waals surface area (Å²) in [6, 6.07) is 10.2. The molecule has 0 aliphatic rings. The average Bonchev–Trinajstić information content (AvgIpc) is 3.10. The third-order valence-electron chi connectivity index (χ3n) is 2.58. The third-order valence-corrected chi connectivity index (χ3v) is 3.31. The van der Waals surface area contributed by atoms with E-state index in [4.69, 9.17) is 0 Å². The minimum absolute atomic E-state index is 0.785. The van der Waals surface area contributed by atoms with Crippen LogP contribution in [0.4, 0.5) is 5.13 Å². The summed E-state index contributed by atoms with van der Waals surface area (Å²) in [7, 11) is 0. The van der Waals surface area contributed by atoms with Gasteiger partial charge in [-0.2, -0.15) is 5.10 Å². The Morgan fingerprint density at radius 1 is 1.17 bits per heavy atom. The van der Waals surface area contributed by atoms with Gasteiger partial charge in [0.1, 0.15) is 0 Å². The summed E-state index contributed by atoms with van der Waals surface area (Å²) in [5, 5.41) is 10.4. The van der Waals surface area contributed by atoms with Crippen LogP contribution in [0.15, 0.2) is 54.3 Å². The van der Waals surface area contributed by atoms with E-state index in [0.29, 0.717) is 0 Å². The molecule has 0 atom stereocenters. The lowest BCUT2D eigenvalue weighted by Crippen LogP contribution is -1.99. The molecule has 0 saturated heterocycles. The Morgan fingerprint density at radius 3 is 2.72 bits per heavy atom. The average molecular weight is 256 g/mol. The molecule has 0 fully saturated rings. The van der Waals surface area contributed by atoms with Gasteiger partial charge in [0.25, 0.3) is 0 Å². The van der Waals surface area contributed by atoms with Crippen LogP contribution in [0, 0.1) is 0 Å². The van der Waals surface area contributed by atoms with E-state index in [1.165, 1.54) is 5.56 Å². The smallest absolute Gasteiger partial charge is 0.182 e. The van der Waals surface area contributed by atoms with E-state index in [1.807, 2.05) is 22.3 Å². The largest absolute Gasteiger partial charge is 0.357 e. The van der Waals surface area contributed by atoms with Crippen LogP contribution in [0.25, 0.3) is 5.69 Å². The van der Waals surface area contributed by atoms with Crippen molar-refractivity contribution < 1.29 is 0 Å². The van der Waals surface area contributed by atoms with Crippen molar-refractivity contribution in [3.05, 3.63) is 59.9 Å². The van der Waals surface area contributed by atoms with Crippen LogP contribution in [0.1, 0.15) is 5.56 Å². The molecule has 0 radical (unpaired) electrons. The van der Waals surface area contributed by atoms with E-state index in [-0.39, 0.29) is 0 Å². The number of anilines is 1. The Balaban J connectivity index is 1.68. The van der Waals surface area contributed by atoms with Gasteiger partial charge < -0.3 is 5.32 Å². The van der Waals surface area contributed by atoms with Gasteiger partial charge in [-0.05, 0) is 23.8 Å². The number of hydrogen-bond donors (Lipinski definition) is 1. The van der Waals surface area contributed by atoms with E-state index < -0.39 is 0 Å². The molecule has 1 aromatic carbocycles. The third kappa shape index (κ3) is 2.41. The molecule has 18 heavy (non-hydrogen) atoms. The van der Waals surface area contributed by atoms with E-state index in [2.05, 4.69) is 39.7 Å². The number of benzene rings is 1. The zero-order chi connectivity index (χ0) is 12.2. The van der Waals surface area contributed by atoms with Crippen molar-refractivity contribution in [3.63, 3.8) is 0 Å². The SMILES string of the molecule is c1cnn(-c2ccc(CNc3nccs3)cc2)c1. The molecule has 1 N–H and O–H groups in total. The van der Waals surface area contributed by atoms with Gasteiger partial charge in [-0.15, -0.1) is 11.3 Å². The summed E-state index contributed by atoms with van der Waals surface area (Å²) < 4.78 is 1.85. The van der Waals surface area contributed by atoms with Gasteiger partial charge in [0.05, 0.1) is 5.69 Å². The molecular formula is C13H12N4S. The Labute approximate surface area is 109 Å². The number of nitrogens with zero attached hydrogens (tertiary/aromatic N) is 3. The fraction of sp³-hybridized carbons (Fsp3) is 0.0769. The van der Waals surface area contributed by atoms with E-state index in [0.717, 1.165) is 17.4 Å². The monoisotopic (exact) mass is 256 g/mol. The minimum Gasteiger partial charge on any atom is -0.357 e. The lowest BCUT2D eigenvalue weighted by atomic mass is 10.2.